The van der Waals surface area contributed by atoms with Crippen molar-refractivity contribution >= 4 is 58.6 Å². The van der Waals surface area contributed by atoms with E-state index in [-0.39, 0.29) is 49.4 Å². The van der Waals surface area contributed by atoms with E-state index < -0.39 is 47.8 Å². The van der Waals surface area contributed by atoms with Gasteiger partial charge in [0.15, 0.2) is 6.19 Å². The number of nitrogens with one attached hydrogen (secondary N) is 5. The van der Waals surface area contributed by atoms with Crippen LogP contribution < -0.4 is 26.6 Å². The van der Waals surface area contributed by atoms with Crippen LogP contribution >= 0.6 is 11.6 Å². The summed E-state index contributed by atoms with van der Waals surface area (Å²) >= 11 is 5.92. The van der Waals surface area contributed by atoms with E-state index in [1.54, 1.807) is 48.5 Å². The van der Waals surface area contributed by atoms with Crippen molar-refractivity contribution in [3.8, 4) is 6.19 Å². The van der Waals surface area contributed by atoms with Gasteiger partial charge in [-0.05, 0) is 72.6 Å². The van der Waals surface area contributed by atoms with E-state index in [2.05, 4.69) is 31.6 Å². The number of halogens is 1. The maximum atomic E-state index is 13.2. The minimum absolute atomic E-state index is 0.0134. The molecule has 7 N–H and O–H groups in total. The van der Waals surface area contributed by atoms with Crippen LogP contribution in [0.15, 0.2) is 65.7 Å². The maximum absolute atomic E-state index is 13.2. The second kappa shape index (κ2) is 20.3. The number of carbonyl (C=O) groups is 5. The number of carbonyl (C=O) groups excluding carboxylic acids is 3. The quantitative estimate of drug-likeness (QED) is 0.0398. The number of amides is 3. The van der Waals surface area contributed by atoms with Gasteiger partial charge in [-0.3, -0.25) is 19.7 Å². The lowest BCUT2D eigenvalue weighted by molar-refractivity contribution is -0.142. The number of anilines is 1. The number of carboxylic acids is 2. The summed E-state index contributed by atoms with van der Waals surface area (Å²) in [6, 6.07) is 9.95. The fourth-order valence-corrected chi connectivity index (χ4v) is 4.79. The van der Waals surface area contributed by atoms with Crippen LogP contribution in [0.3, 0.4) is 0 Å². The Bertz CT molecular complexity index is 1610. The molecule has 0 fully saturated rings. The smallest absolute Gasteiger partial charge is 0.326 e. The summed E-state index contributed by atoms with van der Waals surface area (Å²) in [6.45, 7) is 9.28. The van der Waals surface area contributed by atoms with E-state index in [0.717, 1.165) is 0 Å². The third kappa shape index (κ3) is 16.7. The number of nitriles is 1. The molecule has 14 nitrogen and oxygen atoms in total. The van der Waals surface area contributed by atoms with Crippen LogP contribution in [0, 0.1) is 22.8 Å². The Hall–Kier alpha value is -5.42. The molecule has 0 radical (unpaired) electrons. The van der Waals surface area contributed by atoms with E-state index >= 15 is 0 Å². The van der Waals surface area contributed by atoms with Crippen molar-refractivity contribution in [2.45, 2.75) is 84.8 Å². The first-order valence-electron chi connectivity index (χ1n) is 16.3. The minimum atomic E-state index is -1.35. The Balaban J connectivity index is 2.02. The molecule has 0 spiro atoms. The molecule has 3 unspecified atom stereocenters. The van der Waals surface area contributed by atoms with Gasteiger partial charge in [0.2, 0.25) is 23.7 Å². The van der Waals surface area contributed by atoms with Gasteiger partial charge in [0.25, 0.3) is 0 Å². The maximum Gasteiger partial charge on any atom is 0.326 e. The monoisotopic (exact) mass is 723 g/mol. The van der Waals surface area contributed by atoms with Gasteiger partial charge < -0.3 is 31.5 Å². The van der Waals surface area contributed by atoms with Gasteiger partial charge in [-0.25, -0.2) is 14.6 Å². The van der Waals surface area contributed by atoms with Gasteiger partial charge in [-0.1, -0.05) is 70.5 Å². The number of hydrogen-bond donors (Lipinski definition) is 7. The molecule has 51 heavy (non-hydrogen) atoms. The lowest BCUT2D eigenvalue weighted by Gasteiger charge is -2.22. The van der Waals surface area contributed by atoms with Crippen LogP contribution in [-0.4, -0.2) is 64.0 Å². The van der Waals surface area contributed by atoms with Gasteiger partial charge in [-0.2, -0.15) is 5.26 Å². The molecule has 2 rings (SSSR count). The van der Waals surface area contributed by atoms with Crippen molar-refractivity contribution in [1.29, 1.82) is 5.26 Å². The zero-order valence-corrected chi connectivity index (χ0v) is 30.1. The second-order valence-electron chi connectivity index (χ2n) is 13.5. The Morgan fingerprint density at radius 1 is 0.843 bits per heavy atom. The predicted octanol–water partition coefficient (Wildman–Crippen LogP) is 4.50. The third-order valence-electron chi connectivity index (χ3n) is 7.03. The summed E-state index contributed by atoms with van der Waals surface area (Å²) in [4.78, 5) is 66.4. The van der Waals surface area contributed by atoms with E-state index in [1.807, 2.05) is 40.8 Å². The number of hydrogen-bond acceptors (Lipinski definition) is 7. The van der Waals surface area contributed by atoms with Crippen molar-refractivity contribution in [1.82, 2.24) is 21.3 Å². The number of aliphatic imine (C=N–C) groups is 1. The molecule has 2 aromatic carbocycles. The van der Waals surface area contributed by atoms with Crippen molar-refractivity contribution in [2.24, 2.45) is 16.3 Å². The minimum Gasteiger partial charge on any atom is -0.480 e. The summed E-state index contributed by atoms with van der Waals surface area (Å²) < 4.78 is 0. The number of aliphatic carboxylic acids is 2. The average Bonchev–Trinajstić information content (AvgIpc) is 3.02. The van der Waals surface area contributed by atoms with E-state index in [9.17, 15) is 34.2 Å². The van der Waals surface area contributed by atoms with Crippen molar-refractivity contribution in [3.05, 3.63) is 71.3 Å². The normalized spacial score (nSPS) is 13.4. The molecule has 0 saturated carbocycles. The highest BCUT2D eigenvalue weighted by atomic mass is 35.5. The molecule has 0 aliphatic heterocycles. The highest BCUT2D eigenvalue weighted by Crippen LogP contribution is 2.19. The number of carboxylic acid groups (broad SMARTS) is 2. The van der Waals surface area contributed by atoms with Crippen LogP contribution in [0.1, 0.15) is 65.9 Å². The molecule has 0 bridgehead atoms. The Labute approximate surface area is 302 Å². The Kier molecular flexibility index (Phi) is 16.6. The van der Waals surface area contributed by atoms with E-state index in [0.29, 0.717) is 22.0 Å². The van der Waals surface area contributed by atoms with Gasteiger partial charge in [0.05, 0.1) is 12.1 Å². The number of guanidine groups is 1. The fraction of sp³-hybridized carbons (Fsp3) is 0.417. The summed E-state index contributed by atoms with van der Waals surface area (Å²) in [5.74, 6) is -3.92. The van der Waals surface area contributed by atoms with Gasteiger partial charge in [0, 0.05) is 17.1 Å². The van der Waals surface area contributed by atoms with Crippen LogP contribution in [0.2, 0.25) is 5.02 Å². The van der Waals surface area contributed by atoms with Gasteiger partial charge in [-0.15, -0.1) is 0 Å². The molecule has 0 saturated heterocycles. The fourth-order valence-electron chi connectivity index (χ4n) is 4.67. The lowest BCUT2D eigenvalue weighted by Crippen LogP contribution is -2.52. The molecule has 3 amide bonds. The van der Waals surface area contributed by atoms with Crippen LogP contribution in [0.25, 0.3) is 0 Å². The van der Waals surface area contributed by atoms with Crippen molar-refractivity contribution in [2.75, 3.05) is 5.32 Å². The largest absolute Gasteiger partial charge is 0.480 e. The molecule has 274 valence electrons. The topological polar surface area (TPSA) is 222 Å². The highest BCUT2D eigenvalue weighted by Gasteiger charge is 2.27. The highest BCUT2D eigenvalue weighted by molar-refractivity contribution is 6.30. The third-order valence-corrected chi connectivity index (χ3v) is 7.28. The Morgan fingerprint density at radius 3 is 1.90 bits per heavy atom. The summed E-state index contributed by atoms with van der Waals surface area (Å²) in [5.41, 5.74) is 1.44. The zero-order chi connectivity index (χ0) is 38.1. The second-order valence-corrected chi connectivity index (χ2v) is 13.9. The molecule has 15 heteroatoms. The zero-order valence-electron chi connectivity index (χ0n) is 29.3. The van der Waals surface area contributed by atoms with E-state index in [4.69, 9.17) is 16.9 Å². The van der Waals surface area contributed by atoms with Crippen LogP contribution in [-0.2, 0) is 30.4 Å². The SMILES string of the molecule is CC(C)CC(NC(=O)Cc1ccc(N=C(NC#N)Nc2ccc(Cl)cc2)cc1)C(=O)NC(CC=CCC(NC(=O)CC(C)(C)C)C(=O)O)C(=O)O. The molecule has 0 aromatic heterocycles. The average molecular weight is 724 g/mol. The number of nitrogens with zero attached hydrogens (tertiary/aromatic N) is 2. The summed E-state index contributed by atoms with van der Waals surface area (Å²) in [7, 11) is 0. The number of benzene rings is 2. The molecule has 0 aliphatic carbocycles. The van der Waals surface area contributed by atoms with Gasteiger partial charge >= 0.3 is 11.9 Å². The first kappa shape index (κ1) is 41.7. The first-order chi connectivity index (χ1) is 23.9. The van der Waals surface area contributed by atoms with Gasteiger partial charge in [0.1, 0.15) is 18.1 Å². The standard InChI is InChI=1S/C36H46ClN7O7/c1-22(2)18-29(32(47)44-28(34(50)51)9-7-6-8-27(33(48)49)42-31(46)20-36(3,4)5)43-30(45)19-23-10-14-25(15-11-23)40-35(39-21-38)41-26-16-12-24(37)13-17-26/h6-7,10-17,22,27-29H,8-9,18-20H2,1-5H3,(H,42,46)(H,43,45)(H,44,47)(H,48,49)(H,50,51)(H2,39,40,41). The lowest BCUT2D eigenvalue weighted by atomic mass is 9.92. The van der Waals surface area contributed by atoms with Crippen molar-refractivity contribution < 1.29 is 34.2 Å². The Morgan fingerprint density at radius 2 is 1.39 bits per heavy atom. The molecular weight excluding hydrogens is 678 g/mol. The summed E-state index contributed by atoms with van der Waals surface area (Å²) in [5, 5.41) is 42.0. The predicted molar refractivity (Wildman–Crippen MR) is 194 cm³/mol. The van der Waals surface area contributed by atoms with E-state index in [1.165, 1.54) is 12.2 Å². The molecule has 0 heterocycles. The first-order valence-corrected chi connectivity index (χ1v) is 16.7. The summed E-state index contributed by atoms with van der Waals surface area (Å²) in [6.07, 6.45) is 4.78. The van der Waals surface area contributed by atoms with Crippen molar-refractivity contribution in [3.63, 3.8) is 0 Å². The number of rotatable bonds is 17. The molecule has 0 aliphatic rings. The molecule has 2 aromatic rings. The molecular formula is C36H46ClN7O7. The van der Waals surface area contributed by atoms with Crippen LogP contribution in [0.5, 0.6) is 0 Å². The van der Waals surface area contributed by atoms with Crippen LogP contribution in [0.4, 0.5) is 11.4 Å². The molecule has 3 atom stereocenters.